The SMILES string of the molecule is CN(Cc1ccccc1N)C(=O)Nc1ccc(F)cc1. The Balaban J connectivity index is 1.99. The van der Waals surface area contributed by atoms with Gasteiger partial charge in [0.15, 0.2) is 0 Å². The van der Waals surface area contributed by atoms with Crippen LogP contribution in [0.2, 0.25) is 0 Å². The third-order valence-corrected chi connectivity index (χ3v) is 2.90. The van der Waals surface area contributed by atoms with Crippen LogP contribution in [0.4, 0.5) is 20.6 Å². The number of benzene rings is 2. The van der Waals surface area contributed by atoms with Crippen molar-refractivity contribution in [3.8, 4) is 0 Å². The number of nitrogens with one attached hydrogen (secondary N) is 1. The van der Waals surface area contributed by atoms with E-state index in [0.29, 0.717) is 17.9 Å². The number of carbonyl (C=O) groups excluding carboxylic acids is 1. The quantitative estimate of drug-likeness (QED) is 0.844. The van der Waals surface area contributed by atoms with Crippen LogP contribution in [0, 0.1) is 5.82 Å². The van der Waals surface area contributed by atoms with Gasteiger partial charge in [-0.15, -0.1) is 0 Å². The number of nitrogen functional groups attached to an aromatic ring is 1. The van der Waals surface area contributed by atoms with Crippen LogP contribution < -0.4 is 11.1 Å². The van der Waals surface area contributed by atoms with Crippen LogP contribution in [0.3, 0.4) is 0 Å². The highest BCUT2D eigenvalue weighted by Gasteiger charge is 2.10. The van der Waals surface area contributed by atoms with Gasteiger partial charge in [-0.2, -0.15) is 0 Å². The van der Waals surface area contributed by atoms with Gasteiger partial charge < -0.3 is 16.0 Å². The van der Waals surface area contributed by atoms with E-state index < -0.39 is 0 Å². The van der Waals surface area contributed by atoms with Gasteiger partial charge in [-0.05, 0) is 35.9 Å². The number of rotatable bonds is 3. The predicted molar refractivity (Wildman–Crippen MR) is 77.7 cm³/mol. The van der Waals surface area contributed by atoms with E-state index in [9.17, 15) is 9.18 Å². The van der Waals surface area contributed by atoms with Crippen molar-refractivity contribution in [1.82, 2.24) is 4.90 Å². The first-order chi connectivity index (χ1) is 9.56. The summed E-state index contributed by atoms with van der Waals surface area (Å²) in [6.07, 6.45) is 0. The van der Waals surface area contributed by atoms with Crippen LogP contribution in [0.15, 0.2) is 48.5 Å². The minimum absolute atomic E-state index is 0.278. The summed E-state index contributed by atoms with van der Waals surface area (Å²) in [7, 11) is 1.67. The van der Waals surface area contributed by atoms with Crippen LogP contribution in [0.25, 0.3) is 0 Å². The molecule has 0 radical (unpaired) electrons. The van der Waals surface area contributed by atoms with Crippen molar-refractivity contribution in [1.29, 1.82) is 0 Å². The molecule has 3 N–H and O–H groups in total. The van der Waals surface area contributed by atoms with E-state index in [4.69, 9.17) is 5.73 Å². The maximum Gasteiger partial charge on any atom is 0.321 e. The zero-order valence-electron chi connectivity index (χ0n) is 11.1. The van der Waals surface area contributed by atoms with Gasteiger partial charge >= 0.3 is 6.03 Å². The highest BCUT2D eigenvalue weighted by Crippen LogP contribution is 2.14. The molecule has 0 aliphatic carbocycles. The maximum absolute atomic E-state index is 12.8. The largest absolute Gasteiger partial charge is 0.398 e. The summed E-state index contributed by atoms with van der Waals surface area (Å²) in [5.74, 6) is -0.339. The molecule has 4 nitrogen and oxygen atoms in total. The van der Waals surface area contributed by atoms with Crippen LogP contribution in [-0.2, 0) is 6.54 Å². The van der Waals surface area contributed by atoms with Crippen LogP contribution in [0.5, 0.6) is 0 Å². The molecule has 0 fully saturated rings. The molecule has 0 spiro atoms. The second-order valence-electron chi connectivity index (χ2n) is 4.49. The average Bonchev–Trinajstić information content (AvgIpc) is 2.44. The molecule has 2 rings (SSSR count). The Morgan fingerprint density at radius 3 is 2.50 bits per heavy atom. The summed E-state index contributed by atoms with van der Waals surface area (Å²) >= 11 is 0. The lowest BCUT2D eigenvalue weighted by Gasteiger charge is -2.19. The van der Waals surface area contributed by atoms with Gasteiger partial charge in [-0.3, -0.25) is 0 Å². The molecule has 0 unspecified atom stereocenters. The first kappa shape index (κ1) is 13.9. The molecule has 2 amide bonds. The van der Waals surface area contributed by atoms with Gasteiger partial charge in [-0.1, -0.05) is 18.2 Å². The summed E-state index contributed by atoms with van der Waals surface area (Å²) in [5.41, 5.74) is 7.91. The van der Waals surface area contributed by atoms with E-state index in [1.807, 2.05) is 18.2 Å². The van der Waals surface area contributed by atoms with Crippen LogP contribution in [-0.4, -0.2) is 18.0 Å². The molecule has 0 atom stereocenters. The minimum Gasteiger partial charge on any atom is -0.398 e. The first-order valence-electron chi connectivity index (χ1n) is 6.17. The first-order valence-corrected chi connectivity index (χ1v) is 6.17. The molecule has 0 saturated carbocycles. The van der Waals surface area contributed by atoms with Crippen molar-refractivity contribution in [2.75, 3.05) is 18.1 Å². The Labute approximate surface area is 117 Å². The Morgan fingerprint density at radius 1 is 1.20 bits per heavy atom. The fraction of sp³-hybridized carbons (Fsp3) is 0.133. The van der Waals surface area contributed by atoms with Gasteiger partial charge in [0.25, 0.3) is 0 Å². The number of para-hydroxylation sites is 1. The standard InChI is InChI=1S/C15H16FN3O/c1-19(10-11-4-2-3-5-14(11)17)15(20)18-13-8-6-12(16)7-9-13/h2-9H,10,17H2,1H3,(H,18,20). The highest BCUT2D eigenvalue weighted by molar-refractivity contribution is 5.89. The summed E-state index contributed by atoms with van der Waals surface area (Å²) in [5, 5.41) is 2.69. The summed E-state index contributed by atoms with van der Waals surface area (Å²) < 4.78 is 12.8. The van der Waals surface area contributed by atoms with Crippen molar-refractivity contribution < 1.29 is 9.18 Å². The second-order valence-corrected chi connectivity index (χ2v) is 4.49. The van der Waals surface area contributed by atoms with Crippen LogP contribution in [0.1, 0.15) is 5.56 Å². The third-order valence-electron chi connectivity index (χ3n) is 2.90. The molecule has 20 heavy (non-hydrogen) atoms. The number of anilines is 2. The number of carbonyl (C=O) groups is 1. The fourth-order valence-corrected chi connectivity index (χ4v) is 1.76. The topological polar surface area (TPSA) is 58.4 Å². The zero-order chi connectivity index (χ0) is 14.5. The fourth-order valence-electron chi connectivity index (χ4n) is 1.76. The van der Waals surface area contributed by atoms with Crippen molar-refractivity contribution in [3.63, 3.8) is 0 Å². The number of urea groups is 1. The average molecular weight is 273 g/mol. The number of halogens is 1. The van der Waals surface area contributed by atoms with Gasteiger partial charge in [0.2, 0.25) is 0 Å². The molecule has 5 heteroatoms. The molecule has 0 aliphatic rings. The molecule has 0 saturated heterocycles. The van der Waals surface area contributed by atoms with Crippen molar-refractivity contribution in [2.45, 2.75) is 6.54 Å². The summed E-state index contributed by atoms with van der Waals surface area (Å²) in [6, 6.07) is 12.7. The lowest BCUT2D eigenvalue weighted by atomic mass is 10.2. The van der Waals surface area contributed by atoms with Gasteiger partial charge in [0, 0.05) is 25.0 Å². The summed E-state index contributed by atoms with van der Waals surface area (Å²) in [4.78, 5) is 13.5. The molecule has 2 aromatic carbocycles. The normalized spacial score (nSPS) is 10.1. The van der Waals surface area contributed by atoms with E-state index in [2.05, 4.69) is 5.32 Å². The Hall–Kier alpha value is -2.56. The summed E-state index contributed by atoms with van der Waals surface area (Å²) in [6.45, 7) is 0.402. The van der Waals surface area contributed by atoms with Crippen LogP contribution >= 0.6 is 0 Å². The van der Waals surface area contributed by atoms with Gasteiger partial charge in [-0.25, -0.2) is 9.18 Å². The van der Waals surface area contributed by atoms with E-state index in [1.54, 1.807) is 13.1 Å². The monoisotopic (exact) mass is 273 g/mol. The van der Waals surface area contributed by atoms with Gasteiger partial charge in [0.05, 0.1) is 0 Å². The molecule has 0 aromatic heterocycles. The molecule has 0 heterocycles. The van der Waals surface area contributed by atoms with E-state index >= 15 is 0 Å². The highest BCUT2D eigenvalue weighted by atomic mass is 19.1. The third kappa shape index (κ3) is 3.47. The minimum atomic E-state index is -0.339. The number of hydrogen-bond acceptors (Lipinski definition) is 2. The lowest BCUT2D eigenvalue weighted by molar-refractivity contribution is 0.221. The number of hydrogen-bond donors (Lipinski definition) is 2. The lowest BCUT2D eigenvalue weighted by Crippen LogP contribution is -2.31. The molecule has 104 valence electrons. The Bertz CT molecular complexity index is 598. The smallest absolute Gasteiger partial charge is 0.321 e. The molecule has 2 aromatic rings. The second kappa shape index (κ2) is 6.06. The Kier molecular flexibility index (Phi) is 4.20. The van der Waals surface area contributed by atoms with E-state index in [0.717, 1.165) is 5.56 Å². The molecular weight excluding hydrogens is 257 g/mol. The van der Waals surface area contributed by atoms with Crippen molar-refractivity contribution >= 4 is 17.4 Å². The molecule has 0 aliphatic heterocycles. The predicted octanol–water partition coefficient (Wildman–Crippen LogP) is 3.07. The van der Waals surface area contributed by atoms with Crippen molar-refractivity contribution in [3.05, 3.63) is 59.9 Å². The molecular formula is C15H16FN3O. The maximum atomic E-state index is 12.8. The van der Waals surface area contributed by atoms with E-state index in [1.165, 1.54) is 29.2 Å². The number of nitrogens with zero attached hydrogens (tertiary/aromatic N) is 1. The molecule has 0 bridgehead atoms. The zero-order valence-corrected chi connectivity index (χ0v) is 11.1. The number of nitrogens with two attached hydrogens (primary N) is 1. The van der Waals surface area contributed by atoms with Crippen molar-refractivity contribution in [2.24, 2.45) is 0 Å². The number of amides is 2. The van der Waals surface area contributed by atoms with E-state index in [-0.39, 0.29) is 11.8 Å². The van der Waals surface area contributed by atoms with Gasteiger partial charge in [0.1, 0.15) is 5.82 Å². The Morgan fingerprint density at radius 2 is 1.85 bits per heavy atom.